The summed E-state index contributed by atoms with van der Waals surface area (Å²) in [5.41, 5.74) is 4.24. The Morgan fingerprint density at radius 1 is 0.966 bits per heavy atom. The third kappa shape index (κ3) is 4.39. The number of thioether (sulfide) groups is 1. The molecule has 29 heavy (non-hydrogen) atoms. The third-order valence-electron chi connectivity index (χ3n) is 4.76. The standard InChI is InChI=1S/C24H21ClN2OS/c1-2-14-27-23(28)21-13-12-20(25)15-22(21)26-24(27)29-16-17-8-10-19(11-9-17)18-6-4-3-5-7-18/h3-13,15H,2,14,16H2,1H3. The number of hydrogen-bond donors (Lipinski definition) is 0. The minimum atomic E-state index is -0.00422. The number of fused-ring (bicyclic) bond motifs is 1. The van der Waals surface area contributed by atoms with Crippen molar-refractivity contribution in [1.82, 2.24) is 9.55 Å². The normalized spacial score (nSPS) is 11.1. The van der Waals surface area contributed by atoms with Crippen molar-refractivity contribution >= 4 is 34.3 Å². The van der Waals surface area contributed by atoms with E-state index >= 15 is 0 Å². The molecule has 0 aliphatic rings. The second kappa shape index (κ2) is 8.85. The van der Waals surface area contributed by atoms with Crippen LogP contribution in [-0.4, -0.2) is 9.55 Å². The second-order valence-electron chi connectivity index (χ2n) is 6.86. The summed E-state index contributed by atoms with van der Waals surface area (Å²) in [7, 11) is 0. The molecule has 4 aromatic rings. The molecular weight excluding hydrogens is 400 g/mol. The average molecular weight is 421 g/mol. The molecule has 0 aliphatic heterocycles. The smallest absolute Gasteiger partial charge is 0.262 e. The highest BCUT2D eigenvalue weighted by Crippen LogP contribution is 2.25. The van der Waals surface area contributed by atoms with Crippen LogP contribution in [0.3, 0.4) is 0 Å². The molecule has 0 fully saturated rings. The van der Waals surface area contributed by atoms with Crippen LogP contribution in [0.1, 0.15) is 18.9 Å². The molecule has 0 bridgehead atoms. The quantitative estimate of drug-likeness (QED) is 0.266. The lowest BCUT2D eigenvalue weighted by atomic mass is 10.0. The molecule has 0 radical (unpaired) electrons. The van der Waals surface area contributed by atoms with Gasteiger partial charge in [-0.2, -0.15) is 0 Å². The van der Waals surface area contributed by atoms with Gasteiger partial charge in [0.05, 0.1) is 10.9 Å². The summed E-state index contributed by atoms with van der Waals surface area (Å²) in [6, 6.07) is 24.1. The van der Waals surface area contributed by atoms with Crippen molar-refractivity contribution in [2.45, 2.75) is 30.8 Å². The van der Waals surface area contributed by atoms with Crippen molar-refractivity contribution in [3.05, 3.63) is 93.7 Å². The minimum absolute atomic E-state index is 0.00422. The van der Waals surface area contributed by atoms with E-state index in [9.17, 15) is 4.79 Å². The highest BCUT2D eigenvalue weighted by molar-refractivity contribution is 7.98. The first-order valence-electron chi connectivity index (χ1n) is 9.63. The van der Waals surface area contributed by atoms with Crippen molar-refractivity contribution in [1.29, 1.82) is 0 Å². The predicted molar refractivity (Wildman–Crippen MR) is 123 cm³/mol. The van der Waals surface area contributed by atoms with Gasteiger partial charge in [-0.15, -0.1) is 0 Å². The fourth-order valence-corrected chi connectivity index (χ4v) is 4.42. The monoisotopic (exact) mass is 420 g/mol. The van der Waals surface area contributed by atoms with Crippen molar-refractivity contribution < 1.29 is 0 Å². The van der Waals surface area contributed by atoms with Crippen LogP contribution in [-0.2, 0) is 12.3 Å². The van der Waals surface area contributed by atoms with Crippen LogP contribution < -0.4 is 5.56 Å². The molecule has 1 aromatic heterocycles. The van der Waals surface area contributed by atoms with E-state index in [0.717, 1.165) is 17.3 Å². The number of hydrogen-bond acceptors (Lipinski definition) is 3. The molecule has 0 spiro atoms. The number of benzene rings is 3. The maximum Gasteiger partial charge on any atom is 0.262 e. The zero-order valence-electron chi connectivity index (χ0n) is 16.1. The Morgan fingerprint density at radius 3 is 2.41 bits per heavy atom. The molecule has 0 unspecified atom stereocenters. The highest BCUT2D eigenvalue weighted by atomic mass is 35.5. The molecule has 0 saturated carbocycles. The van der Waals surface area contributed by atoms with E-state index in [-0.39, 0.29) is 5.56 Å². The predicted octanol–water partition coefficient (Wildman–Crippen LogP) is 6.42. The maximum atomic E-state index is 12.9. The van der Waals surface area contributed by atoms with Gasteiger partial charge in [0.2, 0.25) is 0 Å². The largest absolute Gasteiger partial charge is 0.287 e. The molecule has 0 saturated heterocycles. The van der Waals surface area contributed by atoms with Crippen LogP contribution in [0.2, 0.25) is 5.02 Å². The van der Waals surface area contributed by atoms with Crippen LogP contribution in [0.25, 0.3) is 22.0 Å². The fourth-order valence-electron chi connectivity index (χ4n) is 3.28. The van der Waals surface area contributed by atoms with E-state index in [0.29, 0.717) is 22.5 Å². The molecule has 3 nitrogen and oxygen atoms in total. The SMILES string of the molecule is CCCn1c(SCc2ccc(-c3ccccc3)cc2)nc2cc(Cl)ccc2c1=O. The van der Waals surface area contributed by atoms with E-state index in [4.69, 9.17) is 16.6 Å². The summed E-state index contributed by atoms with van der Waals surface area (Å²) >= 11 is 7.69. The average Bonchev–Trinajstić information content (AvgIpc) is 2.75. The lowest BCUT2D eigenvalue weighted by Crippen LogP contribution is -2.23. The van der Waals surface area contributed by atoms with Gasteiger partial charge in [-0.1, -0.05) is 84.9 Å². The maximum absolute atomic E-state index is 12.9. The van der Waals surface area contributed by atoms with Crippen LogP contribution in [0.15, 0.2) is 82.7 Å². The highest BCUT2D eigenvalue weighted by Gasteiger charge is 2.12. The lowest BCUT2D eigenvalue weighted by molar-refractivity contribution is 0.585. The second-order valence-corrected chi connectivity index (χ2v) is 8.24. The first-order valence-corrected chi connectivity index (χ1v) is 11.0. The first-order chi connectivity index (χ1) is 14.2. The van der Waals surface area contributed by atoms with Gasteiger partial charge in [-0.3, -0.25) is 9.36 Å². The Bertz CT molecular complexity index is 1190. The van der Waals surface area contributed by atoms with Crippen molar-refractivity contribution in [3.63, 3.8) is 0 Å². The van der Waals surface area contributed by atoms with Crippen LogP contribution in [0.5, 0.6) is 0 Å². The summed E-state index contributed by atoms with van der Waals surface area (Å²) in [5, 5.41) is 1.93. The molecule has 0 atom stereocenters. The molecule has 0 aliphatic carbocycles. The first kappa shape index (κ1) is 19.7. The number of rotatable bonds is 6. The van der Waals surface area contributed by atoms with Gasteiger partial charge in [0.15, 0.2) is 5.16 Å². The molecule has 146 valence electrons. The zero-order chi connectivity index (χ0) is 20.2. The molecule has 1 heterocycles. The molecule has 3 aromatic carbocycles. The Labute approximate surface area is 179 Å². The summed E-state index contributed by atoms with van der Waals surface area (Å²) < 4.78 is 1.78. The van der Waals surface area contributed by atoms with E-state index in [2.05, 4.69) is 43.3 Å². The summed E-state index contributed by atoms with van der Waals surface area (Å²) in [6.07, 6.45) is 0.875. The Kier molecular flexibility index (Phi) is 6.02. The molecule has 4 rings (SSSR count). The Balaban J connectivity index is 1.60. The van der Waals surface area contributed by atoms with Crippen LogP contribution in [0, 0.1) is 0 Å². The number of aromatic nitrogens is 2. The van der Waals surface area contributed by atoms with Crippen molar-refractivity contribution in [3.8, 4) is 11.1 Å². The fraction of sp³-hybridized carbons (Fsp3) is 0.167. The van der Waals surface area contributed by atoms with Gasteiger partial charge in [0, 0.05) is 17.3 Å². The Hall–Kier alpha value is -2.56. The number of nitrogens with zero attached hydrogens (tertiary/aromatic N) is 2. The van der Waals surface area contributed by atoms with Crippen LogP contribution >= 0.6 is 23.4 Å². The molecular formula is C24H21ClN2OS. The minimum Gasteiger partial charge on any atom is -0.287 e. The van der Waals surface area contributed by atoms with Gasteiger partial charge in [-0.25, -0.2) is 4.98 Å². The lowest BCUT2D eigenvalue weighted by Gasteiger charge is -2.12. The van der Waals surface area contributed by atoms with E-state index < -0.39 is 0 Å². The van der Waals surface area contributed by atoms with Crippen molar-refractivity contribution in [2.24, 2.45) is 0 Å². The van der Waals surface area contributed by atoms with Gasteiger partial charge in [-0.05, 0) is 41.3 Å². The summed E-state index contributed by atoms with van der Waals surface area (Å²) in [6.45, 7) is 2.72. The van der Waals surface area contributed by atoms with Gasteiger partial charge < -0.3 is 0 Å². The van der Waals surface area contributed by atoms with E-state index in [1.54, 1.807) is 34.5 Å². The third-order valence-corrected chi connectivity index (χ3v) is 6.04. The zero-order valence-corrected chi connectivity index (χ0v) is 17.7. The van der Waals surface area contributed by atoms with Gasteiger partial charge in [0.25, 0.3) is 5.56 Å². The van der Waals surface area contributed by atoms with E-state index in [1.807, 2.05) is 18.2 Å². The van der Waals surface area contributed by atoms with Crippen molar-refractivity contribution in [2.75, 3.05) is 0 Å². The Morgan fingerprint density at radius 2 is 1.69 bits per heavy atom. The van der Waals surface area contributed by atoms with Gasteiger partial charge >= 0.3 is 0 Å². The molecule has 0 N–H and O–H groups in total. The van der Waals surface area contributed by atoms with Crippen LogP contribution in [0.4, 0.5) is 0 Å². The summed E-state index contributed by atoms with van der Waals surface area (Å²) in [4.78, 5) is 17.7. The summed E-state index contributed by atoms with van der Waals surface area (Å²) in [5.74, 6) is 0.747. The van der Waals surface area contributed by atoms with Gasteiger partial charge in [0.1, 0.15) is 0 Å². The molecule has 0 amide bonds. The van der Waals surface area contributed by atoms with E-state index in [1.165, 1.54) is 16.7 Å². The number of halogens is 1. The topological polar surface area (TPSA) is 34.9 Å². The molecule has 5 heteroatoms.